The van der Waals surface area contributed by atoms with Gasteiger partial charge in [-0.2, -0.15) is 0 Å². The van der Waals surface area contributed by atoms with Crippen LogP contribution in [0.4, 0.5) is 8.78 Å². The van der Waals surface area contributed by atoms with E-state index in [-0.39, 0.29) is 11.9 Å². The van der Waals surface area contributed by atoms with Crippen LogP contribution < -0.4 is 5.32 Å². The molecule has 1 unspecified atom stereocenters. The molecule has 0 aliphatic carbocycles. The van der Waals surface area contributed by atoms with Gasteiger partial charge in [0.2, 0.25) is 0 Å². The molecule has 1 aromatic heterocycles. The molecule has 0 amide bonds. The largest absolute Gasteiger partial charge is 0.350 e. The summed E-state index contributed by atoms with van der Waals surface area (Å²) >= 11 is 0. The first-order valence-electron chi connectivity index (χ1n) is 6.94. The average Bonchev–Trinajstić information content (AvgIpc) is 2.87. The highest BCUT2D eigenvalue weighted by Gasteiger charge is 2.12. The number of nitrogens with one attached hydrogen (secondary N) is 1. The number of halogens is 2. The van der Waals surface area contributed by atoms with Crippen LogP contribution in [0.25, 0.3) is 0 Å². The monoisotopic (exact) mass is 278 g/mol. The van der Waals surface area contributed by atoms with Crippen LogP contribution in [0.2, 0.25) is 0 Å². The third-order valence-corrected chi connectivity index (χ3v) is 3.40. The third-order valence-electron chi connectivity index (χ3n) is 3.40. The molecule has 0 radical (unpaired) electrons. The second-order valence-electron chi connectivity index (χ2n) is 4.96. The Morgan fingerprint density at radius 1 is 1.25 bits per heavy atom. The predicted molar refractivity (Wildman–Crippen MR) is 76.3 cm³/mol. The Labute approximate surface area is 118 Å². The minimum atomic E-state index is -0.413. The summed E-state index contributed by atoms with van der Waals surface area (Å²) in [5.74, 6) is -0.792. The fraction of sp³-hybridized carbons (Fsp3) is 0.375. The summed E-state index contributed by atoms with van der Waals surface area (Å²) in [5.41, 5.74) is 1.51. The highest BCUT2D eigenvalue weighted by atomic mass is 19.1. The van der Waals surface area contributed by atoms with Gasteiger partial charge >= 0.3 is 0 Å². The maximum absolute atomic E-state index is 13.7. The van der Waals surface area contributed by atoms with Gasteiger partial charge in [0.15, 0.2) is 0 Å². The predicted octanol–water partition coefficient (Wildman–Crippen LogP) is 4.03. The number of rotatable bonds is 6. The molecule has 0 saturated heterocycles. The van der Waals surface area contributed by atoms with Crippen LogP contribution in [0.1, 0.15) is 37.6 Å². The number of aromatic nitrogens is 1. The van der Waals surface area contributed by atoms with Gasteiger partial charge in [0.1, 0.15) is 11.6 Å². The molecule has 1 aromatic carbocycles. The molecule has 2 aromatic rings. The van der Waals surface area contributed by atoms with Crippen molar-refractivity contribution in [2.24, 2.45) is 0 Å². The molecule has 0 fully saturated rings. The highest BCUT2D eigenvalue weighted by molar-refractivity contribution is 5.22. The molecular weight excluding hydrogens is 258 g/mol. The third kappa shape index (κ3) is 3.45. The molecule has 0 bridgehead atoms. The Hall–Kier alpha value is -1.68. The van der Waals surface area contributed by atoms with E-state index in [1.807, 2.05) is 25.3 Å². The minimum Gasteiger partial charge on any atom is -0.350 e. The lowest BCUT2D eigenvalue weighted by atomic mass is 10.1. The molecule has 108 valence electrons. The van der Waals surface area contributed by atoms with E-state index in [1.54, 1.807) is 0 Å². The van der Waals surface area contributed by atoms with E-state index in [2.05, 4.69) is 16.8 Å². The highest BCUT2D eigenvalue weighted by Crippen LogP contribution is 2.18. The van der Waals surface area contributed by atoms with E-state index >= 15 is 0 Å². The van der Waals surface area contributed by atoms with Gasteiger partial charge < -0.3 is 9.88 Å². The molecule has 0 aliphatic rings. The quantitative estimate of drug-likeness (QED) is 0.844. The topological polar surface area (TPSA) is 17.0 Å². The SMILES string of the molecule is CCCn1cccc1CNC(C)c1cc(F)ccc1F. The maximum atomic E-state index is 13.7. The molecule has 4 heteroatoms. The molecule has 20 heavy (non-hydrogen) atoms. The van der Waals surface area contributed by atoms with Crippen LogP contribution in [0.3, 0.4) is 0 Å². The zero-order valence-corrected chi connectivity index (χ0v) is 11.9. The Bertz CT molecular complexity index is 563. The second-order valence-corrected chi connectivity index (χ2v) is 4.96. The molecule has 2 rings (SSSR count). The number of aryl methyl sites for hydroxylation is 1. The normalized spacial score (nSPS) is 12.6. The van der Waals surface area contributed by atoms with Crippen LogP contribution in [0.15, 0.2) is 36.5 Å². The van der Waals surface area contributed by atoms with Crippen molar-refractivity contribution < 1.29 is 8.78 Å². The lowest BCUT2D eigenvalue weighted by Crippen LogP contribution is -2.21. The Kier molecular flexibility index (Phi) is 4.90. The lowest BCUT2D eigenvalue weighted by Gasteiger charge is -2.16. The number of hydrogen-bond acceptors (Lipinski definition) is 1. The Balaban J connectivity index is 2.03. The molecule has 0 spiro atoms. The van der Waals surface area contributed by atoms with Crippen molar-refractivity contribution in [3.8, 4) is 0 Å². The number of benzene rings is 1. The molecule has 2 nitrogen and oxygen atoms in total. The molecule has 1 N–H and O–H groups in total. The Morgan fingerprint density at radius 3 is 2.80 bits per heavy atom. The number of hydrogen-bond donors (Lipinski definition) is 1. The van der Waals surface area contributed by atoms with Gasteiger partial charge in [0.25, 0.3) is 0 Å². The molecule has 1 atom stereocenters. The summed E-state index contributed by atoms with van der Waals surface area (Å²) in [4.78, 5) is 0. The van der Waals surface area contributed by atoms with Crippen molar-refractivity contribution >= 4 is 0 Å². The van der Waals surface area contributed by atoms with E-state index in [1.165, 1.54) is 12.1 Å². The van der Waals surface area contributed by atoms with E-state index in [4.69, 9.17) is 0 Å². The summed E-state index contributed by atoms with van der Waals surface area (Å²) in [7, 11) is 0. The van der Waals surface area contributed by atoms with Gasteiger partial charge in [-0.05, 0) is 43.7 Å². The fourth-order valence-corrected chi connectivity index (χ4v) is 2.28. The fourth-order valence-electron chi connectivity index (χ4n) is 2.28. The molecule has 1 heterocycles. The summed E-state index contributed by atoms with van der Waals surface area (Å²) in [6, 6.07) is 7.35. The van der Waals surface area contributed by atoms with Crippen molar-refractivity contribution in [3.63, 3.8) is 0 Å². The minimum absolute atomic E-state index is 0.240. The van der Waals surface area contributed by atoms with Gasteiger partial charge in [0, 0.05) is 36.6 Å². The Morgan fingerprint density at radius 2 is 2.05 bits per heavy atom. The van der Waals surface area contributed by atoms with E-state index < -0.39 is 5.82 Å². The van der Waals surface area contributed by atoms with Gasteiger partial charge in [-0.25, -0.2) is 8.78 Å². The van der Waals surface area contributed by atoms with Crippen molar-refractivity contribution in [2.45, 2.75) is 39.4 Å². The first kappa shape index (κ1) is 14.7. The van der Waals surface area contributed by atoms with E-state index in [9.17, 15) is 8.78 Å². The van der Waals surface area contributed by atoms with Crippen LogP contribution in [0, 0.1) is 11.6 Å². The van der Waals surface area contributed by atoms with E-state index in [0.29, 0.717) is 12.1 Å². The van der Waals surface area contributed by atoms with Gasteiger partial charge in [0.05, 0.1) is 0 Å². The standard InChI is InChI=1S/C16H20F2N2/c1-3-8-20-9-4-5-14(20)11-19-12(2)15-10-13(17)6-7-16(15)18/h4-7,9-10,12,19H,3,8,11H2,1-2H3. The average molecular weight is 278 g/mol. The molecule has 0 aliphatic heterocycles. The van der Waals surface area contributed by atoms with Crippen LogP contribution >= 0.6 is 0 Å². The second kappa shape index (κ2) is 6.66. The first-order valence-corrected chi connectivity index (χ1v) is 6.94. The first-order chi connectivity index (χ1) is 9.61. The summed E-state index contributed by atoms with van der Waals surface area (Å²) in [5, 5.41) is 3.24. The van der Waals surface area contributed by atoms with Crippen molar-refractivity contribution in [3.05, 3.63) is 59.4 Å². The van der Waals surface area contributed by atoms with Gasteiger partial charge in [-0.1, -0.05) is 6.92 Å². The molecular formula is C16H20F2N2. The van der Waals surface area contributed by atoms with Crippen LogP contribution in [0.5, 0.6) is 0 Å². The lowest BCUT2D eigenvalue weighted by molar-refractivity contribution is 0.505. The van der Waals surface area contributed by atoms with Gasteiger partial charge in [-0.15, -0.1) is 0 Å². The van der Waals surface area contributed by atoms with E-state index in [0.717, 1.165) is 24.7 Å². The molecule has 0 saturated carbocycles. The van der Waals surface area contributed by atoms with Crippen LogP contribution in [-0.2, 0) is 13.1 Å². The summed E-state index contributed by atoms with van der Waals surface area (Å²) in [6.45, 7) is 5.56. The summed E-state index contributed by atoms with van der Waals surface area (Å²) in [6.07, 6.45) is 3.10. The van der Waals surface area contributed by atoms with Gasteiger partial charge in [-0.3, -0.25) is 0 Å². The zero-order valence-electron chi connectivity index (χ0n) is 11.9. The smallest absolute Gasteiger partial charge is 0.128 e. The van der Waals surface area contributed by atoms with Crippen molar-refractivity contribution in [2.75, 3.05) is 0 Å². The number of nitrogens with zero attached hydrogens (tertiary/aromatic N) is 1. The van der Waals surface area contributed by atoms with Crippen molar-refractivity contribution in [1.82, 2.24) is 9.88 Å². The van der Waals surface area contributed by atoms with Crippen molar-refractivity contribution in [1.29, 1.82) is 0 Å². The van der Waals surface area contributed by atoms with Crippen LogP contribution in [-0.4, -0.2) is 4.57 Å². The summed E-state index contributed by atoms with van der Waals surface area (Å²) < 4.78 is 29.0. The zero-order chi connectivity index (χ0) is 14.5. The maximum Gasteiger partial charge on any atom is 0.128 e.